The number of nitrogens with zero attached hydrogens (tertiary/aromatic N) is 1. The highest BCUT2D eigenvalue weighted by Gasteiger charge is 2.39. The van der Waals surface area contributed by atoms with E-state index in [4.69, 9.17) is 0 Å². The molecule has 1 saturated carbocycles. The van der Waals surface area contributed by atoms with Crippen molar-refractivity contribution in [1.29, 1.82) is 0 Å². The molecular formula is C19H28N2O2. The zero-order valence-electron chi connectivity index (χ0n) is 14.2. The van der Waals surface area contributed by atoms with E-state index in [1.54, 1.807) is 0 Å². The van der Waals surface area contributed by atoms with Gasteiger partial charge >= 0.3 is 0 Å². The Morgan fingerprint density at radius 1 is 1.30 bits per heavy atom. The lowest BCUT2D eigenvalue weighted by Gasteiger charge is -2.38. The van der Waals surface area contributed by atoms with Crippen LogP contribution in [0, 0.1) is 18.8 Å². The van der Waals surface area contributed by atoms with E-state index in [2.05, 4.69) is 36.2 Å². The quantitative estimate of drug-likeness (QED) is 0.874. The molecule has 0 bridgehead atoms. The first-order chi connectivity index (χ1) is 11.0. The summed E-state index contributed by atoms with van der Waals surface area (Å²) in [4.78, 5) is 14.1. The highest BCUT2D eigenvalue weighted by Crippen LogP contribution is 2.37. The monoisotopic (exact) mass is 316 g/mol. The number of amides is 1. The Morgan fingerprint density at radius 2 is 1.91 bits per heavy atom. The molecule has 4 heteroatoms. The lowest BCUT2D eigenvalue weighted by molar-refractivity contribution is -0.122. The SMILES string of the molecule is Cc1ccc(C2(O)CCN(CCNC(=O)[C@H]3C[C@H]3C)CC2)cc1. The molecule has 0 unspecified atom stereocenters. The van der Waals surface area contributed by atoms with Crippen molar-refractivity contribution >= 4 is 5.91 Å². The van der Waals surface area contributed by atoms with E-state index in [9.17, 15) is 9.90 Å². The van der Waals surface area contributed by atoms with Crippen LogP contribution in [0.5, 0.6) is 0 Å². The number of hydrogen-bond acceptors (Lipinski definition) is 3. The fourth-order valence-corrected chi connectivity index (χ4v) is 3.45. The van der Waals surface area contributed by atoms with Gasteiger partial charge in [-0.2, -0.15) is 0 Å². The second-order valence-electron chi connectivity index (χ2n) is 7.35. The van der Waals surface area contributed by atoms with Crippen LogP contribution in [0.1, 0.15) is 37.3 Å². The molecule has 1 heterocycles. The van der Waals surface area contributed by atoms with Gasteiger partial charge in [0.25, 0.3) is 0 Å². The van der Waals surface area contributed by atoms with Crippen LogP contribution in [0.25, 0.3) is 0 Å². The molecule has 1 aliphatic heterocycles. The summed E-state index contributed by atoms with van der Waals surface area (Å²) in [6.45, 7) is 7.52. The first-order valence-electron chi connectivity index (χ1n) is 8.77. The van der Waals surface area contributed by atoms with E-state index in [1.807, 2.05) is 12.1 Å². The molecule has 1 amide bonds. The molecule has 0 radical (unpaired) electrons. The topological polar surface area (TPSA) is 52.6 Å². The predicted molar refractivity (Wildman–Crippen MR) is 91.0 cm³/mol. The Bertz CT molecular complexity index is 547. The molecule has 2 atom stereocenters. The molecule has 2 fully saturated rings. The number of benzene rings is 1. The highest BCUT2D eigenvalue weighted by molar-refractivity contribution is 5.81. The van der Waals surface area contributed by atoms with Gasteiger partial charge in [0.15, 0.2) is 0 Å². The first-order valence-corrected chi connectivity index (χ1v) is 8.77. The predicted octanol–water partition coefficient (Wildman–Crippen LogP) is 2.05. The molecular weight excluding hydrogens is 288 g/mol. The number of aryl methyl sites for hydroxylation is 1. The van der Waals surface area contributed by atoms with Gasteiger partial charge in [-0.15, -0.1) is 0 Å². The fourth-order valence-electron chi connectivity index (χ4n) is 3.45. The number of aliphatic hydroxyl groups is 1. The van der Waals surface area contributed by atoms with Gasteiger partial charge in [0.2, 0.25) is 5.91 Å². The third-order valence-electron chi connectivity index (χ3n) is 5.45. The summed E-state index contributed by atoms with van der Waals surface area (Å²) < 4.78 is 0. The molecule has 126 valence electrons. The normalized spacial score (nSPS) is 26.7. The summed E-state index contributed by atoms with van der Waals surface area (Å²) in [5, 5.41) is 13.9. The van der Waals surface area contributed by atoms with Crippen LogP contribution in [0.15, 0.2) is 24.3 Å². The Hall–Kier alpha value is -1.39. The first kappa shape index (κ1) is 16.5. The maximum absolute atomic E-state index is 11.8. The van der Waals surface area contributed by atoms with E-state index in [-0.39, 0.29) is 11.8 Å². The Kier molecular flexibility index (Phi) is 4.74. The van der Waals surface area contributed by atoms with Gasteiger partial charge in [-0.1, -0.05) is 36.8 Å². The van der Waals surface area contributed by atoms with Crippen LogP contribution in [-0.4, -0.2) is 42.1 Å². The molecule has 1 aromatic rings. The van der Waals surface area contributed by atoms with Gasteiger partial charge < -0.3 is 15.3 Å². The van der Waals surface area contributed by atoms with Crippen LogP contribution in [0.3, 0.4) is 0 Å². The summed E-state index contributed by atoms with van der Waals surface area (Å²) in [5.74, 6) is 1.03. The number of piperidine rings is 1. The number of hydrogen-bond donors (Lipinski definition) is 2. The van der Waals surface area contributed by atoms with E-state index >= 15 is 0 Å². The van der Waals surface area contributed by atoms with Crippen LogP contribution >= 0.6 is 0 Å². The van der Waals surface area contributed by atoms with Crippen LogP contribution < -0.4 is 5.32 Å². The molecule has 1 aromatic carbocycles. The minimum Gasteiger partial charge on any atom is -0.385 e. The molecule has 0 aromatic heterocycles. The van der Waals surface area contributed by atoms with E-state index in [0.29, 0.717) is 12.5 Å². The number of nitrogens with one attached hydrogen (secondary N) is 1. The van der Waals surface area contributed by atoms with Crippen LogP contribution in [0.4, 0.5) is 0 Å². The molecule has 3 rings (SSSR count). The number of carbonyl (C=O) groups is 1. The molecule has 1 aliphatic carbocycles. The number of likely N-dealkylation sites (tertiary alicyclic amines) is 1. The van der Waals surface area contributed by atoms with Gasteiger partial charge in [-0.25, -0.2) is 0 Å². The van der Waals surface area contributed by atoms with E-state index < -0.39 is 5.60 Å². The van der Waals surface area contributed by atoms with Crippen molar-refractivity contribution < 1.29 is 9.90 Å². The summed E-state index contributed by atoms with van der Waals surface area (Å²) in [6, 6.07) is 8.21. The third-order valence-corrected chi connectivity index (χ3v) is 5.45. The zero-order valence-corrected chi connectivity index (χ0v) is 14.2. The molecule has 1 saturated heterocycles. The van der Waals surface area contributed by atoms with Crippen molar-refractivity contribution in [2.24, 2.45) is 11.8 Å². The maximum atomic E-state index is 11.8. The Balaban J connectivity index is 1.43. The highest BCUT2D eigenvalue weighted by atomic mass is 16.3. The van der Waals surface area contributed by atoms with Crippen LogP contribution in [-0.2, 0) is 10.4 Å². The van der Waals surface area contributed by atoms with Crippen molar-refractivity contribution in [3.05, 3.63) is 35.4 Å². The molecule has 2 aliphatic rings. The molecule has 2 N–H and O–H groups in total. The van der Waals surface area contributed by atoms with E-state index in [0.717, 1.165) is 44.5 Å². The standard InChI is InChI=1S/C19H28N2O2/c1-14-3-5-16(6-4-14)19(23)7-10-21(11-8-19)12-9-20-18(22)17-13-15(17)2/h3-6,15,17,23H,7-13H2,1-2H3,(H,20,22)/t15-,17+/m1/s1. The minimum atomic E-state index is -0.698. The lowest BCUT2D eigenvalue weighted by atomic mass is 9.84. The summed E-state index contributed by atoms with van der Waals surface area (Å²) >= 11 is 0. The van der Waals surface area contributed by atoms with Gasteiger partial charge in [-0.3, -0.25) is 4.79 Å². The van der Waals surface area contributed by atoms with Crippen molar-refractivity contribution in [2.75, 3.05) is 26.2 Å². The smallest absolute Gasteiger partial charge is 0.223 e. The average molecular weight is 316 g/mol. The van der Waals surface area contributed by atoms with Gasteiger partial charge in [-0.05, 0) is 37.7 Å². The second kappa shape index (κ2) is 6.62. The molecule has 0 spiro atoms. The zero-order chi connectivity index (χ0) is 16.4. The minimum absolute atomic E-state index is 0.214. The summed E-state index contributed by atoms with van der Waals surface area (Å²) in [5.41, 5.74) is 1.55. The van der Waals surface area contributed by atoms with Crippen molar-refractivity contribution in [1.82, 2.24) is 10.2 Å². The lowest BCUT2D eigenvalue weighted by Crippen LogP contribution is -2.45. The van der Waals surface area contributed by atoms with Crippen molar-refractivity contribution in [3.8, 4) is 0 Å². The molecule has 23 heavy (non-hydrogen) atoms. The number of rotatable bonds is 5. The average Bonchev–Trinajstić information content (AvgIpc) is 3.27. The largest absolute Gasteiger partial charge is 0.385 e. The number of carbonyl (C=O) groups excluding carboxylic acids is 1. The summed E-state index contributed by atoms with van der Waals surface area (Å²) in [7, 11) is 0. The summed E-state index contributed by atoms with van der Waals surface area (Å²) in [6.07, 6.45) is 2.55. The maximum Gasteiger partial charge on any atom is 0.223 e. The van der Waals surface area contributed by atoms with E-state index in [1.165, 1.54) is 5.56 Å². The Labute approximate surface area is 138 Å². The Morgan fingerprint density at radius 3 is 2.48 bits per heavy atom. The van der Waals surface area contributed by atoms with Crippen molar-refractivity contribution in [3.63, 3.8) is 0 Å². The van der Waals surface area contributed by atoms with Gasteiger partial charge in [0, 0.05) is 32.1 Å². The van der Waals surface area contributed by atoms with Gasteiger partial charge in [0.05, 0.1) is 5.60 Å². The van der Waals surface area contributed by atoms with Crippen LogP contribution in [0.2, 0.25) is 0 Å². The molecule has 4 nitrogen and oxygen atoms in total. The van der Waals surface area contributed by atoms with Gasteiger partial charge in [0.1, 0.15) is 0 Å². The second-order valence-corrected chi connectivity index (χ2v) is 7.35. The van der Waals surface area contributed by atoms with Crippen molar-refractivity contribution in [2.45, 2.75) is 38.7 Å². The fraction of sp³-hybridized carbons (Fsp3) is 0.632. The third kappa shape index (κ3) is 3.93.